The minimum absolute atomic E-state index is 0.0154. The Balaban J connectivity index is 1.48. The molecule has 0 saturated heterocycles. The molecule has 0 spiro atoms. The van der Waals surface area contributed by atoms with Gasteiger partial charge < -0.3 is 5.32 Å². The lowest BCUT2D eigenvalue weighted by Crippen LogP contribution is -2.12. The molecular formula is C46H49N3. The Labute approximate surface area is 293 Å². The number of anilines is 2. The lowest BCUT2D eigenvalue weighted by Gasteiger charge is -2.24. The minimum Gasteiger partial charge on any atom is -0.354 e. The molecule has 3 nitrogen and oxygen atoms in total. The molecule has 0 aliphatic carbocycles. The number of aromatic nitrogens is 2. The van der Waals surface area contributed by atoms with E-state index in [-0.39, 0.29) is 16.2 Å². The quantitative estimate of drug-likeness (QED) is 0.196. The highest BCUT2D eigenvalue weighted by molar-refractivity contribution is 5.87. The summed E-state index contributed by atoms with van der Waals surface area (Å²) in [5, 5.41) is 3.86. The van der Waals surface area contributed by atoms with Gasteiger partial charge in [0, 0.05) is 34.3 Å². The van der Waals surface area contributed by atoms with Crippen LogP contribution in [0.4, 0.5) is 11.4 Å². The lowest BCUT2D eigenvalue weighted by molar-refractivity contribution is 0.590. The minimum atomic E-state index is -0.0206. The van der Waals surface area contributed by atoms with Crippen LogP contribution in [0, 0.1) is 0 Å². The van der Waals surface area contributed by atoms with Gasteiger partial charge in [-0.05, 0) is 98.7 Å². The van der Waals surface area contributed by atoms with E-state index in [4.69, 9.17) is 9.97 Å². The molecular weight excluding hydrogens is 595 g/mol. The molecule has 4 aromatic carbocycles. The highest BCUT2D eigenvalue weighted by Crippen LogP contribution is 2.40. The largest absolute Gasteiger partial charge is 0.354 e. The van der Waals surface area contributed by atoms with E-state index < -0.39 is 0 Å². The second kappa shape index (κ2) is 13.1. The first-order valence-corrected chi connectivity index (χ1v) is 17.3. The molecule has 0 unspecified atom stereocenters. The van der Waals surface area contributed by atoms with Gasteiger partial charge in [-0.3, -0.25) is 4.98 Å². The van der Waals surface area contributed by atoms with Crippen molar-refractivity contribution >= 4 is 11.4 Å². The van der Waals surface area contributed by atoms with Crippen molar-refractivity contribution in [1.82, 2.24) is 9.97 Å². The highest BCUT2D eigenvalue weighted by Gasteiger charge is 2.21. The summed E-state index contributed by atoms with van der Waals surface area (Å²) in [7, 11) is 0. The van der Waals surface area contributed by atoms with Crippen LogP contribution >= 0.6 is 0 Å². The second-order valence-corrected chi connectivity index (χ2v) is 16.2. The maximum absolute atomic E-state index is 5.28. The monoisotopic (exact) mass is 643 g/mol. The average molecular weight is 644 g/mol. The molecule has 0 fully saturated rings. The molecule has 6 rings (SSSR count). The van der Waals surface area contributed by atoms with E-state index in [1.165, 1.54) is 22.3 Å². The van der Waals surface area contributed by atoms with Gasteiger partial charge in [0.2, 0.25) is 0 Å². The van der Waals surface area contributed by atoms with Gasteiger partial charge in [0.1, 0.15) is 0 Å². The van der Waals surface area contributed by atoms with E-state index >= 15 is 0 Å². The molecule has 2 aromatic heterocycles. The summed E-state index contributed by atoms with van der Waals surface area (Å²) < 4.78 is 0. The van der Waals surface area contributed by atoms with E-state index in [1.807, 2.05) is 6.20 Å². The van der Waals surface area contributed by atoms with Crippen molar-refractivity contribution in [2.75, 3.05) is 5.32 Å². The summed E-state index contributed by atoms with van der Waals surface area (Å²) in [4.78, 5) is 10.2. The fraction of sp³-hybridized carbons (Fsp3) is 0.261. The normalized spacial score (nSPS) is 12.2. The number of hydrogen-bond acceptors (Lipinski definition) is 3. The van der Waals surface area contributed by atoms with Crippen molar-refractivity contribution in [2.45, 2.75) is 78.6 Å². The van der Waals surface area contributed by atoms with Crippen molar-refractivity contribution in [3.63, 3.8) is 0 Å². The third-order valence-electron chi connectivity index (χ3n) is 9.23. The predicted molar refractivity (Wildman–Crippen MR) is 210 cm³/mol. The lowest BCUT2D eigenvalue weighted by atomic mass is 9.84. The van der Waals surface area contributed by atoms with E-state index in [9.17, 15) is 0 Å². The van der Waals surface area contributed by atoms with Crippen molar-refractivity contribution < 1.29 is 0 Å². The number of nitrogens with zero attached hydrogens (tertiary/aromatic N) is 2. The standard InChI is InChI=1S/C46H49N3/c1-44(2,3)34-18-13-17-33(27-34)39-19-14-20-40(48-39)37-29-35(45(4,5)6)21-23-41(37)49-42-24-22-36(46(7,8)9)30-38(42)43-28-32(25-26-47-43)31-15-11-10-12-16-31/h10-30,49H,1-9H3. The molecule has 248 valence electrons. The fourth-order valence-electron chi connectivity index (χ4n) is 6.09. The van der Waals surface area contributed by atoms with E-state index in [2.05, 4.69) is 189 Å². The number of hydrogen-bond donors (Lipinski definition) is 1. The first-order valence-electron chi connectivity index (χ1n) is 17.3. The summed E-state index contributed by atoms with van der Waals surface area (Å²) in [6.07, 6.45) is 1.92. The van der Waals surface area contributed by atoms with Gasteiger partial charge in [-0.2, -0.15) is 0 Å². The van der Waals surface area contributed by atoms with Crippen LogP contribution in [0.5, 0.6) is 0 Å². The third kappa shape index (κ3) is 7.67. The van der Waals surface area contributed by atoms with Crippen LogP contribution in [0.2, 0.25) is 0 Å². The molecule has 3 heteroatoms. The zero-order valence-electron chi connectivity index (χ0n) is 30.5. The van der Waals surface area contributed by atoms with Crippen LogP contribution in [0.15, 0.2) is 128 Å². The summed E-state index contributed by atoms with van der Waals surface area (Å²) in [6, 6.07) is 43.4. The van der Waals surface area contributed by atoms with Crippen molar-refractivity contribution in [1.29, 1.82) is 0 Å². The number of pyridine rings is 2. The van der Waals surface area contributed by atoms with Gasteiger partial charge in [0.25, 0.3) is 0 Å². The molecule has 0 atom stereocenters. The summed E-state index contributed by atoms with van der Waals surface area (Å²) in [6.45, 7) is 20.3. The summed E-state index contributed by atoms with van der Waals surface area (Å²) >= 11 is 0. The topological polar surface area (TPSA) is 37.8 Å². The Hall–Kier alpha value is -5.02. The molecule has 0 bridgehead atoms. The van der Waals surface area contributed by atoms with Gasteiger partial charge in [0.05, 0.1) is 17.1 Å². The highest BCUT2D eigenvalue weighted by atomic mass is 14.9. The molecule has 2 heterocycles. The molecule has 49 heavy (non-hydrogen) atoms. The maximum atomic E-state index is 5.28. The van der Waals surface area contributed by atoms with Crippen molar-refractivity contribution in [2.24, 2.45) is 0 Å². The van der Waals surface area contributed by atoms with Gasteiger partial charge in [-0.1, -0.05) is 129 Å². The van der Waals surface area contributed by atoms with Gasteiger partial charge in [-0.25, -0.2) is 4.98 Å². The zero-order chi connectivity index (χ0) is 35.0. The smallest absolute Gasteiger partial charge is 0.0730 e. The van der Waals surface area contributed by atoms with Gasteiger partial charge >= 0.3 is 0 Å². The molecule has 0 radical (unpaired) electrons. The second-order valence-electron chi connectivity index (χ2n) is 16.2. The number of benzene rings is 4. The number of rotatable bonds is 6. The SMILES string of the molecule is CC(C)(C)c1cccc(-c2cccc(-c3cc(C(C)(C)C)ccc3Nc3ccc(C(C)(C)C)cc3-c3cc(-c4ccccc4)ccn3)n2)c1. The Morgan fingerprint density at radius 3 is 1.55 bits per heavy atom. The van der Waals surface area contributed by atoms with Crippen LogP contribution in [-0.4, -0.2) is 9.97 Å². The number of nitrogens with one attached hydrogen (secondary N) is 1. The molecule has 0 aliphatic heterocycles. The Morgan fingerprint density at radius 2 is 0.939 bits per heavy atom. The van der Waals surface area contributed by atoms with Crippen LogP contribution < -0.4 is 5.32 Å². The van der Waals surface area contributed by atoms with Gasteiger partial charge in [0.15, 0.2) is 0 Å². The van der Waals surface area contributed by atoms with Crippen LogP contribution in [0.1, 0.15) is 79.0 Å². The fourth-order valence-corrected chi connectivity index (χ4v) is 6.09. The Morgan fingerprint density at radius 1 is 0.408 bits per heavy atom. The third-order valence-corrected chi connectivity index (χ3v) is 9.23. The summed E-state index contributed by atoms with van der Waals surface area (Å²) in [5.74, 6) is 0. The van der Waals surface area contributed by atoms with Crippen molar-refractivity contribution in [3.05, 3.63) is 144 Å². The van der Waals surface area contributed by atoms with Crippen LogP contribution in [0.25, 0.3) is 44.9 Å². The van der Waals surface area contributed by atoms with E-state index in [1.54, 1.807) is 0 Å². The van der Waals surface area contributed by atoms with Crippen LogP contribution in [0.3, 0.4) is 0 Å². The summed E-state index contributed by atoms with van der Waals surface area (Å²) in [5.41, 5.74) is 14.3. The van der Waals surface area contributed by atoms with Crippen molar-refractivity contribution in [3.8, 4) is 44.9 Å². The molecule has 0 saturated carbocycles. The molecule has 1 N–H and O–H groups in total. The molecule has 0 aliphatic rings. The zero-order valence-corrected chi connectivity index (χ0v) is 30.5. The van der Waals surface area contributed by atoms with E-state index in [0.717, 1.165) is 50.7 Å². The Bertz CT molecular complexity index is 2090. The predicted octanol–water partition coefficient (Wildman–Crippen LogP) is 12.8. The Kier molecular flexibility index (Phi) is 9.07. The van der Waals surface area contributed by atoms with E-state index in [0.29, 0.717) is 0 Å². The maximum Gasteiger partial charge on any atom is 0.0730 e. The first-order chi connectivity index (χ1) is 23.2. The molecule has 6 aromatic rings. The molecule has 0 amide bonds. The van der Waals surface area contributed by atoms with Gasteiger partial charge in [-0.15, -0.1) is 0 Å². The van der Waals surface area contributed by atoms with Crippen LogP contribution in [-0.2, 0) is 16.2 Å². The first kappa shape index (κ1) is 33.9. The average Bonchev–Trinajstić information content (AvgIpc) is 3.08.